The van der Waals surface area contributed by atoms with Gasteiger partial charge in [-0.2, -0.15) is 0 Å². The molecule has 0 atom stereocenters. The average molecular weight is 247 g/mol. The summed E-state index contributed by atoms with van der Waals surface area (Å²) in [5.74, 6) is 0.145. The Hall–Kier alpha value is -1.39. The Morgan fingerprint density at radius 1 is 1.22 bits per heavy atom. The smallest absolute Gasteiger partial charge is 0.166 e. The van der Waals surface area contributed by atoms with Crippen molar-refractivity contribution in [2.75, 3.05) is 44.7 Å². The van der Waals surface area contributed by atoms with Crippen molar-refractivity contribution < 1.29 is 4.79 Å². The van der Waals surface area contributed by atoms with Gasteiger partial charge in [0.2, 0.25) is 0 Å². The van der Waals surface area contributed by atoms with E-state index in [0.29, 0.717) is 13.0 Å². The van der Waals surface area contributed by atoms with Gasteiger partial charge >= 0.3 is 0 Å². The third kappa shape index (κ3) is 2.89. The van der Waals surface area contributed by atoms with Gasteiger partial charge in [0.15, 0.2) is 5.78 Å². The number of hydrogen-bond acceptors (Lipinski definition) is 4. The zero-order chi connectivity index (χ0) is 13.0. The summed E-state index contributed by atoms with van der Waals surface area (Å²) in [6.07, 6.45) is 0.421. The van der Waals surface area contributed by atoms with Crippen molar-refractivity contribution in [1.82, 2.24) is 4.90 Å². The standard InChI is InChI=1S/C14H21N3O/c1-16-8-10-17(11-9-16)13-5-3-2-4-12(13)14(18)6-7-15/h2-5H,6-11,15H2,1H3. The van der Waals surface area contributed by atoms with E-state index in [1.54, 1.807) is 0 Å². The molecule has 2 rings (SSSR count). The molecule has 1 aromatic carbocycles. The van der Waals surface area contributed by atoms with Crippen LogP contribution in [0.1, 0.15) is 16.8 Å². The second kappa shape index (κ2) is 5.98. The summed E-state index contributed by atoms with van der Waals surface area (Å²) >= 11 is 0. The van der Waals surface area contributed by atoms with Crippen molar-refractivity contribution in [3.63, 3.8) is 0 Å². The molecule has 0 amide bonds. The van der Waals surface area contributed by atoms with E-state index in [-0.39, 0.29) is 5.78 Å². The number of benzene rings is 1. The molecule has 4 heteroatoms. The maximum Gasteiger partial charge on any atom is 0.166 e. The zero-order valence-corrected chi connectivity index (χ0v) is 10.9. The number of ketones is 1. The maximum absolute atomic E-state index is 12.1. The molecule has 4 nitrogen and oxygen atoms in total. The van der Waals surface area contributed by atoms with E-state index in [0.717, 1.165) is 37.4 Å². The van der Waals surface area contributed by atoms with Gasteiger partial charge in [-0.25, -0.2) is 0 Å². The predicted molar refractivity (Wildman–Crippen MR) is 74.2 cm³/mol. The normalized spacial score (nSPS) is 16.9. The van der Waals surface area contributed by atoms with Gasteiger partial charge in [-0.15, -0.1) is 0 Å². The number of para-hydroxylation sites is 1. The third-order valence-corrected chi connectivity index (χ3v) is 3.42. The number of carbonyl (C=O) groups excluding carboxylic acids is 1. The van der Waals surface area contributed by atoms with Crippen LogP contribution in [-0.2, 0) is 0 Å². The molecule has 0 spiro atoms. The van der Waals surface area contributed by atoms with Gasteiger partial charge < -0.3 is 15.5 Å². The molecule has 0 bridgehead atoms. The highest BCUT2D eigenvalue weighted by Crippen LogP contribution is 2.22. The van der Waals surface area contributed by atoms with E-state index in [1.807, 2.05) is 24.3 Å². The second-order valence-electron chi connectivity index (χ2n) is 4.77. The molecule has 1 aliphatic rings. The van der Waals surface area contributed by atoms with Gasteiger partial charge in [0, 0.05) is 43.9 Å². The van der Waals surface area contributed by atoms with Crippen LogP contribution < -0.4 is 10.6 Å². The van der Waals surface area contributed by atoms with Gasteiger partial charge in [0.05, 0.1) is 0 Å². The molecule has 0 radical (unpaired) electrons. The monoisotopic (exact) mass is 247 g/mol. The molecule has 2 N–H and O–H groups in total. The molecule has 1 fully saturated rings. The fourth-order valence-electron chi connectivity index (χ4n) is 2.30. The number of nitrogens with two attached hydrogens (primary N) is 1. The number of likely N-dealkylation sites (N-methyl/N-ethyl adjacent to an activating group) is 1. The summed E-state index contributed by atoms with van der Waals surface area (Å²) < 4.78 is 0. The van der Waals surface area contributed by atoms with Crippen LogP contribution in [0.25, 0.3) is 0 Å². The lowest BCUT2D eigenvalue weighted by Gasteiger charge is -2.35. The van der Waals surface area contributed by atoms with Crippen LogP contribution in [0, 0.1) is 0 Å². The molecule has 1 saturated heterocycles. The van der Waals surface area contributed by atoms with Crippen molar-refractivity contribution in [2.24, 2.45) is 5.73 Å². The Bertz CT molecular complexity index is 411. The Morgan fingerprint density at radius 2 is 1.89 bits per heavy atom. The molecule has 98 valence electrons. The summed E-state index contributed by atoms with van der Waals surface area (Å²) in [5, 5.41) is 0. The number of carbonyl (C=O) groups is 1. The number of piperazine rings is 1. The summed E-state index contributed by atoms with van der Waals surface area (Å²) in [6, 6.07) is 7.86. The molecule has 1 aromatic rings. The molecular weight excluding hydrogens is 226 g/mol. The quantitative estimate of drug-likeness (QED) is 0.806. The lowest BCUT2D eigenvalue weighted by Crippen LogP contribution is -2.45. The fraction of sp³-hybridized carbons (Fsp3) is 0.500. The van der Waals surface area contributed by atoms with Crippen molar-refractivity contribution in [3.8, 4) is 0 Å². The van der Waals surface area contributed by atoms with E-state index in [4.69, 9.17) is 5.73 Å². The topological polar surface area (TPSA) is 49.6 Å². The number of anilines is 1. The van der Waals surface area contributed by atoms with Gasteiger partial charge in [-0.3, -0.25) is 4.79 Å². The minimum Gasteiger partial charge on any atom is -0.368 e. The first-order valence-corrected chi connectivity index (χ1v) is 6.48. The zero-order valence-electron chi connectivity index (χ0n) is 10.9. The minimum absolute atomic E-state index is 0.145. The summed E-state index contributed by atoms with van der Waals surface area (Å²) in [7, 11) is 2.13. The van der Waals surface area contributed by atoms with Crippen LogP contribution in [0.2, 0.25) is 0 Å². The average Bonchev–Trinajstić information content (AvgIpc) is 2.40. The Balaban J connectivity index is 2.19. The second-order valence-corrected chi connectivity index (χ2v) is 4.77. The van der Waals surface area contributed by atoms with Crippen LogP contribution >= 0.6 is 0 Å². The van der Waals surface area contributed by atoms with Gasteiger partial charge in [0.25, 0.3) is 0 Å². The number of Topliss-reactive ketones (excluding diaryl/α,β-unsaturated/α-hetero) is 1. The molecule has 18 heavy (non-hydrogen) atoms. The van der Waals surface area contributed by atoms with Crippen LogP contribution in [0.15, 0.2) is 24.3 Å². The van der Waals surface area contributed by atoms with Crippen LogP contribution in [0.5, 0.6) is 0 Å². The summed E-state index contributed by atoms with van der Waals surface area (Å²) in [6.45, 7) is 4.45. The Labute approximate surface area is 108 Å². The molecule has 0 saturated carbocycles. The highest BCUT2D eigenvalue weighted by molar-refractivity contribution is 6.01. The van der Waals surface area contributed by atoms with Gasteiger partial charge in [-0.05, 0) is 25.7 Å². The molecule has 0 aliphatic carbocycles. The lowest BCUT2D eigenvalue weighted by molar-refractivity contribution is 0.0986. The lowest BCUT2D eigenvalue weighted by atomic mass is 10.0. The van der Waals surface area contributed by atoms with Gasteiger partial charge in [0.1, 0.15) is 0 Å². The first-order valence-electron chi connectivity index (χ1n) is 6.48. The molecule has 1 aliphatic heterocycles. The fourth-order valence-corrected chi connectivity index (χ4v) is 2.30. The Kier molecular flexibility index (Phi) is 4.33. The van der Waals surface area contributed by atoms with Crippen molar-refractivity contribution in [1.29, 1.82) is 0 Å². The molecular formula is C14H21N3O. The Morgan fingerprint density at radius 3 is 2.56 bits per heavy atom. The predicted octanol–water partition coefficient (Wildman–Crippen LogP) is 0.970. The third-order valence-electron chi connectivity index (χ3n) is 3.42. The summed E-state index contributed by atoms with van der Waals surface area (Å²) in [5.41, 5.74) is 7.34. The van der Waals surface area contributed by atoms with Crippen LogP contribution in [0.4, 0.5) is 5.69 Å². The number of hydrogen-bond donors (Lipinski definition) is 1. The highest BCUT2D eigenvalue weighted by Gasteiger charge is 2.19. The largest absolute Gasteiger partial charge is 0.368 e. The maximum atomic E-state index is 12.1. The van der Waals surface area contributed by atoms with Crippen molar-refractivity contribution in [3.05, 3.63) is 29.8 Å². The first-order chi connectivity index (χ1) is 8.72. The van der Waals surface area contributed by atoms with E-state index in [1.165, 1.54) is 0 Å². The molecule has 1 heterocycles. The van der Waals surface area contributed by atoms with E-state index in [2.05, 4.69) is 16.8 Å². The van der Waals surface area contributed by atoms with Crippen molar-refractivity contribution in [2.45, 2.75) is 6.42 Å². The SMILES string of the molecule is CN1CCN(c2ccccc2C(=O)CCN)CC1. The molecule has 0 unspecified atom stereocenters. The van der Waals surface area contributed by atoms with E-state index >= 15 is 0 Å². The van der Waals surface area contributed by atoms with Crippen LogP contribution in [-0.4, -0.2) is 50.5 Å². The number of nitrogens with zero attached hydrogens (tertiary/aromatic N) is 2. The summed E-state index contributed by atoms with van der Waals surface area (Å²) in [4.78, 5) is 16.7. The molecule has 0 aromatic heterocycles. The van der Waals surface area contributed by atoms with Crippen LogP contribution in [0.3, 0.4) is 0 Å². The van der Waals surface area contributed by atoms with E-state index < -0.39 is 0 Å². The van der Waals surface area contributed by atoms with Crippen molar-refractivity contribution >= 4 is 11.5 Å². The number of rotatable bonds is 4. The van der Waals surface area contributed by atoms with E-state index in [9.17, 15) is 4.79 Å². The minimum atomic E-state index is 0.145. The first kappa shape index (κ1) is 13.1. The van der Waals surface area contributed by atoms with Gasteiger partial charge in [-0.1, -0.05) is 12.1 Å². The highest BCUT2D eigenvalue weighted by atomic mass is 16.1.